The van der Waals surface area contributed by atoms with E-state index in [9.17, 15) is 0 Å². The summed E-state index contributed by atoms with van der Waals surface area (Å²) in [5.41, 5.74) is 11.5. The Balaban J connectivity index is 1.69. The van der Waals surface area contributed by atoms with Crippen LogP contribution in [-0.2, 0) is 13.5 Å². The number of ether oxygens (including phenoxy) is 2. The van der Waals surface area contributed by atoms with Crippen LogP contribution in [0.3, 0.4) is 0 Å². The van der Waals surface area contributed by atoms with Crippen LogP contribution in [0.4, 0.5) is 11.5 Å². The van der Waals surface area contributed by atoms with Gasteiger partial charge in [-0.15, -0.1) is 0 Å². The molecule has 154 valence electrons. The summed E-state index contributed by atoms with van der Waals surface area (Å²) in [7, 11) is 1.94. The Morgan fingerprint density at radius 1 is 1.23 bits per heavy atom. The summed E-state index contributed by atoms with van der Waals surface area (Å²) in [6.07, 6.45) is 1.54. The van der Waals surface area contributed by atoms with Crippen molar-refractivity contribution in [2.75, 3.05) is 25.1 Å². The summed E-state index contributed by atoms with van der Waals surface area (Å²) < 4.78 is 13.7. The number of aryl methyl sites for hydroxylation is 1. The Morgan fingerprint density at radius 3 is 2.83 bits per heavy atom. The molecule has 2 aromatic carbocycles. The Labute approximate surface area is 176 Å². The van der Waals surface area contributed by atoms with Gasteiger partial charge in [-0.3, -0.25) is 4.68 Å². The number of rotatable bonds is 8. The Kier molecular flexibility index (Phi) is 5.59. The first-order valence-corrected chi connectivity index (χ1v) is 10.1. The van der Waals surface area contributed by atoms with E-state index in [1.54, 1.807) is 6.07 Å². The number of nitrogens with two attached hydrogens (primary N) is 1. The van der Waals surface area contributed by atoms with Gasteiger partial charge in [-0.05, 0) is 55.8 Å². The predicted molar refractivity (Wildman–Crippen MR) is 116 cm³/mol. The van der Waals surface area contributed by atoms with E-state index < -0.39 is 0 Å². The summed E-state index contributed by atoms with van der Waals surface area (Å²) in [4.78, 5) is 0. The number of nitrogens with one attached hydrogen (secondary N) is 1. The highest BCUT2D eigenvalue weighted by atomic mass is 16.5. The molecule has 7 heteroatoms. The van der Waals surface area contributed by atoms with Crippen molar-refractivity contribution in [1.29, 1.82) is 5.26 Å². The van der Waals surface area contributed by atoms with Gasteiger partial charge in [0, 0.05) is 30.3 Å². The van der Waals surface area contributed by atoms with Gasteiger partial charge in [0.2, 0.25) is 0 Å². The molecule has 0 fully saturated rings. The van der Waals surface area contributed by atoms with E-state index in [2.05, 4.69) is 22.6 Å². The lowest BCUT2D eigenvalue weighted by Gasteiger charge is -2.14. The molecule has 0 spiro atoms. The van der Waals surface area contributed by atoms with E-state index in [1.165, 1.54) is 5.56 Å². The van der Waals surface area contributed by atoms with Gasteiger partial charge in [-0.2, -0.15) is 10.4 Å². The average Bonchev–Trinajstić information content (AvgIpc) is 3.26. The van der Waals surface area contributed by atoms with Crippen LogP contribution in [0, 0.1) is 11.3 Å². The molecule has 0 atom stereocenters. The molecule has 30 heavy (non-hydrogen) atoms. The standard InChI is InChI=1S/C23H25N5O2/c1-3-29-20-12-16-11-19-22(18(16)13-21(20)30-9-5-8-24)28(2)27-23(19)26-17-7-4-6-15(10-17)14-25/h4,6-7,10,12-13H,3,5,8-9,11,24H2,1-2H3,(H,26,27). The number of anilines is 2. The molecule has 4 rings (SSSR count). The van der Waals surface area contributed by atoms with Crippen molar-refractivity contribution < 1.29 is 9.47 Å². The molecule has 0 radical (unpaired) electrons. The third-order valence-corrected chi connectivity index (χ3v) is 5.10. The molecule has 0 saturated heterocycles. The minimum atomic E-state index is 0.551. The lowest BCUT2D eigenvalue weighted by atomic mass is 10.1. The number of nitrogens with zero attached hydrogens (tertiary/aromatic N) is 3. The molecule has 3 N–H and O–H groups in total. The summed E-state index contributed by atoms with van der Waals surface area (Å²) >= 11 is 0. The van der Waals surface area contributed by atoms with Crippen molar-refractivity contribution in [2.45, 2.75) is 19.8 Å². The van der Waals surface area contributed by atoms with Crippen LogP contribution in [0.5, 0.6) is 11.5 Å². The molecular formula is C23H25N5O2. The first-order valence-electron chi connectivity index (χ1n) is 10.1. The summed E-state index contributed by atoms with van der Waals surface area (Å²) in [6.45, 7) is 3.67. The second-order valence-electron chi connectivity index (χ2n) is 7.17. The van der Waals surface area contributed by atoms with Crippen LogP contribution in [0.15, 0.2) is 36.4 Å². The van der Waals surface area contributed by atoms with Crippen molar-refractivity contribution in [3.63, 3.8) is 0 Å². The van der Waals surface area contributed by atoms with Crippen LogP contribution >= 0.6 is 0 Å². The molecule has 0 saturated carbocycles. The first-order chi connectivity index (χ1) is 14.6. The molecule has 1 heterocycles. The van der Waals surface area contributed by atoms with E-state index in [1.807, 2.05) is 42.9 Å². The van der Waals surface area contributed by atoms with Gasteiger partial charge in [-0.1, -0.05) is 6.07 Å². The van der Waals surface area contributed by atoms with Gasteiger partial charge in [-0.25, -0.2) is 0 Å². The fraction of sp³-hybridized carbons (Fsp3) is 0.304. The Morgan fingerprint density at radius 2 is 2.07 bits per heavy atom. The van der Waals surface area contributed by atoms with E-state index in [0.717, 1.165) is 52.7 Å². The zero-order chi connectivity index (χ0) is 21.1. The third-order valence-electron chi connectivity index (χ3n) is 5.10. The lowest BCUT2D eigenvalue weighted by Crippen LogP contribution is -2.07. The number of nitriles is 1. The zero-order valence-corrected chi connectivity index (χ0v) is 17.2. The highest BCUT2D eigenvalue weighted by Gasteiger charge is 2.28. The highest BCUT2D eigenvalue weighted by molar-refractivity contribution is 5.82. The lowest BCUT2D eigenvalue weighted by molar-refractivity contribution is 0.275. The maximum Gasteiger partial charge on any atom is 0.161 e. The van der Waals surface area contributed by atoms with E-state index in [4.69, 9.17) is 20.5 Å². The van der Waals surface area contributed by atoms with Crippen molar-refractivity contribution in [3.8, 4) is 28.8 Å². The maximum atomic E-state index is 9.15. The average molecular weight is 403 g/mol. The van der Waals surface area contributed by atoms with Crippen molar-refractivity contribution >= 4 is 11.5 Å². The molecular weight excluding hydrogens is 378 g/mol. The SMILES string of the molecule is CCOc1cc2c(cc1OCCCN)-c1c(c(Nc3cccc(C#N)c3)nn1C)C2. The predicted octanol–water partition coefficient (Wildman–Crippen LogP) is 3.73. The number of benzene rings is 2. The van der Waals surface area contributed by atoms with Gasteiger partial charge < -0.3 is 20.5 Å². The van der Waals surface area contributed by atoms with Gasteiger partial charge in [0.05, 0.1) is 30.5 Å². The van der Waals surface area contributed by atoms with Crippen LogP contribution in [0.2, 0.25) is 0 Å². The summed E-state index contributed by atoms with van der Waals surface area (Å²) in [5, 5.41) is 17.2. The highest BCUT2D eigenvalue weighted by Crippen LogP contribution is 2.45. The minimum absolute atomic E-state index is 0.551. The molecule has 7 nitrogen and oxygen atoms in total. The summed E-state index contributed by atoms with van der Waals surface area (Å²) in [6, 6.07) is 13.7. The molecule has 1 aliphatic carbocycles. The smallest absolute Gasteiger partial charge is 0.161 e. The third kappa shape index (κ3) is 3.70. The first kappa shape index (κ1) is 19.8. The Hall–Kier alpha value is -3.50. The van der Waals surface area contributed by atoms with Crippen LogP contribution in [-0.4, -0.2) is 29.5 Å². The van der Waals surface area contributed by atoms with Crippen molar-refractivity contribution in [3.05, 3.63) is 53.1 Å². The second-order valence-corrected chi connectivity index (χ2v) is 7.17. The monoisotopic (exact) mass is 403 g/mol. The molecule has 1 aliphatic rings. The van der Waals surface area contributed by atoms with E-state index in [0.29, 0.717) is 25.3 Å². The van der Waals surface area contributed by atoms with Crippen LogP contribution in [0.25, 0.3) is 11.3 Å². The second kappa shape index (κ2) is 8.47. The van der Waals surface area contributed by atoms with Crippen LogP contribution in [0.1, 0.15) is 30.0 Å². The van der Waals surface area contributed by atoms with Crippen molar-refractivity contribution in [2.24, 2.45) is 12.8 Å². The molecule has 0 unspecified atom stereocenters. The van der Waals surface area contributed by atoms with E-state index >= 15 is 0 Å². The van der Waals surface area contributed by atoms with Gasteiger partial charge in [0.25, 0.3) is 0 Å². The summed E-state index contributed by atoms with van der Waals surface area (Å²) in [5.74, 6) is 2.28. The van der Waals surface area contributed by atoms with Crippen molar-refractivity contribution in [1.82, 2.24) is 9.78 Å². The molecule has 0 amide bonds. The largest absolute Gasteiger partial charge is 0.490 e. The number of fused-ring (bicyclic) bond motifs is 3. The molecule has 0 aliphatic heterocycles. The minimum Gasteiger partial charge on any atom is -0.490 e. The van der Waals surface area contributed by atoms with Gasteiger partial charge in [0.15, 0.2) is 17.3 Å². The number of aromatic nitrogens is 2. The number of hydrogen-bond donors (Lipinski definition) is 2. The Bertz CT molecular complexity index is 1110. The van der Waals surface area contributed by atoms with E-state index in [-0.39, 0.29) is 0 Å². The van der Waals surface area contributed by atoms with Crippen LogP contribution < -0.4 is 20.5 Å². The fourth-order valence-corrected chi connectivity index (χ4v) is 3.78. The normalized spacial score (nSPS) is 11.5. The molecule has 0 bridgehead atoms. The zero-order valence-electron chi connectivity index (χ0n) is 17.2. The molecule has 3 aromatic rings. The quantitative estimate of drug-likeness (QED) is 0.435. The van der Waals surface area contributed by atoms with Gasteiger partial charge in [0.1, 0.15) is 0 Å². The topological polar surface area (TPSA) is 98.1 Å². The fourth-order valence-electron chi connectivity index (χ4n) is 3.78. The molecule has 1 aromatic heterocycles. The maximum absolute atomic E-state index is 9.15. The number of hydrogen-bond acceptors (Lipinski definition) is 6. The van der Waals surface area contributed by atoms with Gasteiger partial charge >= 0.3 is 0 Å².